The zero-order valence-electron chi connectivity index (χ0n) is 10.3. The Labute approximate surface area is 111 Å². The summed E-state index contributed by atoms with van der Waals surface area (Å²) in [5.74, 6) is 0. The fourth-order valence-electron chi connectivity index (χ4n) is 2.45. The van der Waals surface area contributed by atoms with Crippen LogP contribution in [0.5, 0.6) is 0 Å². The molecule has 4 heteroatoms. The van der Waals surface area contributed by atoms with Crippen LogP contribution in [-0.2, 0) is 11.3 Å². The minimum Gasteiger partial charge on any atom is -0.376 e. The number of benzene rings is 1. The first-order valence-electron chi connectivity index (χ1n) is 5.96. The van der Waals surface area contributed by atoms with E-state index in [1.807, 2.05) is 6.07 Å². The summed E-state index contributed by atoms with van der Waals surface area (Å²) in [5, 5.41) is 0. The summed E-state index contributed by atoms with van der Waals surface area (Å²) in [6, 6.07) is 6.69. The summed E-state index contributed by atoms with van der Waals surface area (Å²) >= 11 is 3.52. The van der Waals surface area contributed by atoms with E-state index < -0.39 is 0 Å². The van der Waals surface area contributed by atoms with Crippen LogP contribution in [0.25, 0.3) is 0 Å². The number of halogens is 1. The maximum atomic E-state index is 5.80. The van der Waals surface area contributed by atoms with Crippen molar-refractivity contribution in [1.82, 2.24) is 0 Å². The Hall–Kier alpha value is -0.580. The highest BCUT2D eigenvalue weighted by Gasteiger charge is 2.28. The number of ether oxygens (including phenoxy) is 1. The first kappa shape index (κ1) is 12.9. The van der Waals surface area contributed by atoms with Gasteiger partial charge in [0.2, 0.25) is 0 Å². The lowest BCUT2D eigenvalue weighted by Gasteiger charge is -2.30. The van der Waals surface area contributed by atoms with Gasteiger partial charge in [-0.15, -0.1) is 0 Å². The van der Waals surface area contributed by atoms with Crippen molar-refractivity contribution in [2.24, 2.45) is 5.73 Å². The number of rotatable bonds is 3. The summed E-state index contributed by atoms with van der Waals surface area (Å²) in [5.41, 5.74) is 8.17. The third kappa shape index (κ3) is 2.64. The second-order valence-electron chi connectivity index (χ2n) is 4.52. The Morgan fingerprint density at radius 2 is 2.29 bits per heavy atom. The third-order valence-electron chi connectivity index (χ3n) is 3.48. The zero-order valence-corrected chi connectivity index (χ0v) is 11.9. The van der Waals surface area contributed by atoms with Gasteiger partial charge in [-0.05, 0) is 31.0 Å². The summed E-state index contributed by atoms with van der Waals surface area (Å²) in [6.45, 7) is 3.55. The van der Waals surface area contributed by atoms with Crippen LogP contribution in [0.4, 0.5) is 5.69 Å². The first-order valence-corrected chi connectivity index (χ1v) is 6.75. The Morgan fingerprint density at radius 1 is 1.53 bits per heavy atom. The summed E-state index contributed by atoms with van der Waals surface area (Å²) in [7, 11) is 2.12. The smallest absolute Gasteiger partial charge is 0.0750 e. The van der Waals surface area contributed by atoms with E-state index >= 15 is 0 Å². The molecule has 1 heterocycles. The summed E-state index contributed by atoms with van der Waals surface area (Å²) in [4.78, 5) is 2.30. The van der Waals surface area contributed by atoms with Crippen molar-refractivity contribution in [3.8, 4) is 0 Å². The predicted octanol–water partition coefficient (Wildman–Crippen LogP) is 2.52. The molecular weight excluding hydrogens is 280 g/mol. The van der Waals surface area contributed by atoms with Gasteiger partial charge in [-0.1, -0.05) is 22.0 Å². The second-order valence-corrected chi connectivity index (χ2v) is 5.44. The lowest BCUT2D eigenvalue weighted by molar-refractivity contribution is 0.118. The fourth-order valence-corrected chi connectivity index (χ4v) is 2.79. The molecule has 0 aromatic heterocycles. The molecule has 17 heavy (non-hydrogen) atoms. The molecule has 0 aliphatic carbocycles. The predicted molar refractivity (Wildman–Crippen MR) is 74.3 cm³/mol. The monoisotopic (exact) mass is 298 g/mol. The van der Waals surface area contributed by atoms with Gasteiger partial charge in [0.25, 0.3) is 0 Å². The van der Waals surface area contributed by atoms with Crippen LogP contribution in [0.1, 0.15) is 18.9 Å². The van der Waals surface area contributed by atoms with Crippen LogP contribution in [0.2, 0.25) is 0 Å². The maximum absolute atomic E-state index is 5.80. The molecule has 2 N–H and O–H groups in total. The van der Waals surface area contributed by atoms with Gasteiger partial charge in [-0.2, -0.15) is 0 Å². The molecule has 1 fully saturated rings. The lowest BCUT2D eigenvalue weighted by atomic mass is 10.1. The van der Waals surface area contributed by atoms with E-state index in [0.29, 0.717) is 12.6 Å². The van der Waals surface area contributed by atoms with Gasteiger partial charge in [-0.25, -0.2) is 0 Å². The number of nitrogens with zero attached hydrogens (tertiary/aromatic N) is 1. The van der Waals surface area contributed by atoms with E-state index in [4.69, 9.17) is 10.5 Å². The maximum Gasteiger partial charge on any atom is 0.0750 e. The molecule has 1 aliphatic heterocycles. The molecule has 0 bridgehead atoms. The minimum absolute atomic E-state index is 0.282. The molecule has 1 aliphatic rings. The molecule has 2 atom stereocenters. The van der Waals surface area contributed by atoms with Crippen molar-refractivity contribution in [2.75, 3.05) is 18.6 Å². The Balaban J connectivity index is 2.28. The number of nitrogens with two attached hydrogens (primary N) is 1. The van der Waals surface area contributed by atoms with Crippen LogP contribution in [0.15, 0.2) is 22.7 Å². The van der Waals surface area contributed by atoms with Crippen molar-refractivity contribution in [1.29, 1.82) is 0 Å². The van der Waals surface area contributed by atoms with E-state index in [-0.39, 0.29) is 6.10 Å². The number of hydrogen-bond acceptors (Lipinski definition) is 3. The van der Waals surface area contributed by atoms with E-state index in [0.717, 1.165) is 17.5 Å². The van der Waals surface area contributed by atoms with Crippen molar-refractivity contribution in [3.05, 3.63) is 28.2 Å². The molecule has 2 unspecified atom stereocenters. The number of hydrogen-bond donors (Lipinski definition) is 1. The normalized spacial score (nSPS) is 24.0. The van der Waals surface area contributed by atoms with Gasteiger partial charge in [0.1, 0.15) is 0 Å². The molecule has 1 saturated heterocycles. The molecular formula is C13H19BrN2O. The minimum atomic E-state index is 0.282. The van der Waals surface area contributed by atoms with Crippen LogP contribution in [-0.4, -0.2) is 25.8 Å². The van der Waals surface area contributed by atoms with Crippen LogP contribution < -0.4 is 10.6 Å². The molecule has 1 aromatic rings. The Bertz CT molecular complexity index is 397. The van der Waals surface area contributed by atoms with Gasteiger partial charge in [-0.3, -0.25) is 0 Å². The van der Waals surface area contributed by atoms with E-state index in [9.17, 15) is 0 Å². The molecule has 2 rings (SSSR count). The number of anilines is 1. The SMILES string of the molecule is CC1OCCC1N(C)c1cc(Br)ccc1CN. The summed E-state index contributed by atoms with van der Waals surface area (Å²) < 4.78 is 6.71. The molecule has 0 spiro atoms. The summed E-state index contributed by atoms with van der Waals surface area (Å²) in [6.07, 6.45) is 1.36. The highest BCUT2D eigenvalue weighted by atomic mass is 79.9. The van der Waals surface area contributed by atoms with Crippen molar-refractivity contribution < 1.29 is 4.74 Å². The van der Waals surface area contributed by atoms with Gasteiger partial charge in [0.05, 0.1) is 12.1 Å². The molecule has 3 nitrogen and oxygen atoms in total. The van der Waals surface area contributed by atoms with Gasteiger partial charge >= 0.3 is 0 Å². The topological polar surface area (TPSA) is 38.5 Å². The lowest BCUT2D eigenvalue weighted by Crippen LogP contribution is -2.37. The highest BCUT2D eigenvalue weighted by molar-refractivity contribution is 9.10. The van der Waals surface area contributed by atoms with Crippen LogP contribution in [0.3, 0.4) is 0 Å². The van der Waals surface area contributed by atoms with Crippen LogP contribution >= 0.6 is 15.9 Å². The van der Waals surface area contributed by atoms with E-state index in [1.54, 1.807) is 0 Å². The molecule has 1 aromatic carbocycles. The first-order chi connectivity index (χ1) is 8.13. The Morgan fingerprint density at radius 3 is 2.88 bits per heavy atom. The van der Waals surface area contributed by atoms with E-state index in [2.05, 4.69) is 46.9 Å². The van der Waals surface area contributed by atoms with Crippen molar-refractivity contribution >= 4 is 21.6 Å². The van der Waals surface area contributed by atoms with E-state index in [1.165, 1.54) is 11.3 Å². The van der Waals surface area contributed by atoms with Crippen molar-refractivity contribution in [2.45, 2.75) is 32.0 Å². The average Bonchev–Trinajstić information content (AvgIpc) is 2.74. The van der Waals surface area contributed by atoms with Crippen LogP contribution in [0, 0.1) is 0 Å². The molecule has 0 radical (unpaired) electrons. The fraction of sp³-hybridized carbons (Fsp3) is 0.538. The highest BCUT2D eigenvalue weighted by Crippen LogP contribution is 2.29. The van der Waals surface area contributed by atoms with Gasteiger partial charge < -0.3 is 15.4 Å². The quantitative estimate of drug-likeness (QED) is 0.932. The Kier molecular flexibility index (Phi) is 4.07. The van der Waals surface area contributed by atoms with Crippen molar-refractivity contribution in [3.63, 3.8) is 0 Å². The standard InChI is InChI=1S/C13H19BrN2O/c1-9-12(5-6-17-9)16(2)13-7-11(14)4-3-10(13)8-15/h3-4,7,9,12H,5-6,8,15H2,1-2H3. The molecule has 0 saturated carbocycles. The van der Waals surface area contributed by atoms with Gasteiger partial charge in [0.15, 0.2) is 0 Å². The number of likely N-dealkylation sites (N-methyl/N-ethyl adjacent to an activating group) is 1. The largest absolute Gasteiger partial charge is 0.376 e. The van der Waals surface area contributed by atoms with Gasteiger partial charge in [0, 0.05) is 30.4 Å². The zero-order chi connectivity index (χ0) is 12.4. The molecule has 94 valence electrons. The molecule has 0 amide bonds. The third-order valence-corrected chi connectivity index (χ3v) is 3.97. The second kappa shape index (κ2) is 5.38. The average molecular weight is 299 g/mol.